The van der Waals surface area contributed by atoms with Crippen LogP contribution in [0.15, 0.2) is 41.4 Å². The first-order valence-corrected chi connectivity index (χ1v) is 7.56. The van der Waals surface area contributed by atoms with Crippen molar-refractivity contribution in [3.63, 3.8) is 0 Å². The lowest BCUT2D eigenvalue weighted by atomic mass is 10.2. The van der Waals surface area contributed by atoms with Gasteiger partial charge in [-0.3, -0.25) is 14.8 Å². The highest BCUT2D eigenvalue weighted by atomic mass is 35.5. The number of aromatic nitrogens is 1. The van der Waals surface area contributed by atoms with E-state index in [9.17, 15) is 18.5 Å². The number of hydrogen-bond acceptors (Lipinski definition) is 5. The summed E-state index contributed by atoms with van der Waals surface area (Å²) in [7, 11) is -4.07. The summed E-state index contributed by atoms with van der Waals surface area (Å²) in [6, 6.07) is 6.80. The van der Waals surface area contributed by atoms with Crippen molar-refractivity contribution in [1.29, 1.82) is 0 Å². The zero-order valence-corrected chi connectivity index (χ0v) is 12.4. The average Bonchev–Trinajstić information content (AvgIpc) is 2.38. The molecule has 0 bridgehead atoms. The third-order valence-corrected chi connectivity index (χ3v) is 4.42. The van der Waals surface area contributed by atoms with Gasteiger partial charge in [-0.25, -0.2) is 13.4 Å². The molecule has 1 heterocycles. The lowest BCUT2D eigenvalue weighted by molar-refractivity contribution is -0.383. The van der Waals surface area contributed by atoms with E-state index < -0.39 is 14.9 Å². The van der Waals surface area contributed by atoms with Crippen LogP contribution >= 0.6 is 11.6 Å². The monoisotopic (exact) mass is 327 g/mol. The van der Waals surface area contributed by atoms with Crippen molar-refractivity contribution >= 4 is 33.0 Å². The fourth-order valence-corrected chi connectivity index (χ4v) is 3.18. The van der Waals surface area contributed by atoms with E-state index >= 15 is 0 Å². The molecular formula is C12H10ClN3O4S. The predicted molar refractivity (Wildman–Crippen MR) is 77.9 cm³/mol. The van der Waals surface area contributed by atoms with E-state index in [4.69, 9.17) is 11.6 Å². The molecule has 0 saturated heterocycles. The van der Waals surface area contributed by atoms with Gasteiger partial charge >= 0.3 is 0 Å². The van der Waals surface area contributed by atoms with Crippen LogP contribution in [0.2, 0.25) is 5.15 Å². The van der Waals surface area contributed by atoms with Gasteiger partial charge in [0.05, 0.1) is 4.92 Å². The number of sulfonamides is 1. The van der Waals surface area contributed by atoms with E-state index in [2.05, 4.69) is 9.71 Å². The Morgan fingerprint density at radius 2 is 2.05 bits per heavy atom. The Bertz CT molecular complexity index is 808. The van der Waals surface area contributed by atoms with Crippen LogP contribution in [0.5, 0.6) is 0 Å². The second kappa shape index (κ2) is 5.66. The summed E-state index contributed by atoms with van der Waals surface area (Å²) in [5.74, 6) is 0. The Kier molecular flexibility index (Phi) is 4.10. The largest absolute Gasteiger partial charge is 0.293 e. The van der Waals surface area contributed by atoms with E-state index in [-0.39, 0.29) is 21.4 Å². The SMILES string of the molecule is Cc1ccc([N+](=O)[O-])c(NS(=O)(=O)c2cccnc2Cl)c1. The number of nitro groups is 1. The fraction of sp³-hybridized carbons (Fsp3) is 0.0833. The molecule has 0 atom stereocenters. The van der Waals surface area contributed by atoms with Gasteiger partial charge in [-0.2, -0.15) is 0 Å². The molecule has 2 aromatic rings. The number of anilines is 1. The maximum atomic E-state index is 12.3. The highest BCUT2D eigenvalue weighted by Crippen LogP contribution is 2.29. The van der Waals surface area contributed by atoms with Crippen molar-refractivity contribution in [1.82, 2.24) is 4.98 Å². The molecule has 1 aromatic heterocycles. The first-order chi connectivity index (χ1) is 9.81. The summed E-state index contributed by atoms with van der Waals surface area (Å²) in [5.41, 5.74) is 0.208. The van der Waals surface area contributed by atoms with Crippen molar-refractivity contribution in [2.24, 2.45) is 0 Å². The Morgan fingerprint density at radius 3 is 2.67 bits per heavy atom. The number of benzene rings is 1. The molecular weight excluding hydrogens is 318 g/mol. The zero-order chi connectivity index (χ0) is 15.6. The van der Waals surface area contributed by atoms with Crippen LogP contribution in [0, 0.1) is 17.0 Å². The first kappa shape index (κ1) is 15.2. The molecule has 0 radical (unpaired) electrons. The van der Waals surface area contributed by atoms with Gasteiger partial charge < -0.3 is 0 Å². The summed E-state index contributed by atoms with van der Waals surface area (Å²) in [4.78, 5) is 13.7. The number of pyridine rings is 1. The number of nitro benzene ring substituents is 1. The predicted octanol–water partition coefficient (Wildman–Crippen LogP) is 2.75. The van der Waals surface area contributed by atoms with E-state index in [1.54, 1.807) is 6.92 Å². The lowest BCUT2D eigenvalue weighted by Gasteiger charge is -2.09. The lowest BCUT2D eigenvalue weighted by Crippen LogP contribution is -2.15. The van der Waals surface area contributed by atoms with Gasteiger partial charge in [0.2, 0.25) is 0 Å². The molecule has 0 amide bonds. The molecule has 0 unspecified atom stereocenters. The van der Waals surface area contributed by atoms with Gasteiger partial charge in [-0.05, 0) is 30.7 Å². The number of rotatable bonds is 4. The van der Waals surface area contributed by atoms with E-state index in [0.717, 1.165) is 0 Å². The molecule has 110 valence electrons. The summed E-state index contributed by atoms with van der Waals surface area (Å²) < 4.78 is 26.7. The average molecular weight is 328 g/mol. The van der Waals surface area contributed by atoms with Crippen molar-refractivity contribution in [2.45, 2.75) is 11.8 Å². The minimum Gasteiger partial charge on any atom is -0.273 e. The van der Waals surface area contributed by atoms with Gasteiger partial charge in [-0.15, -0.1) is 0 Å². The number of nitrogens with zero attached hydrogens (tertiary/aromatic N) is 2. The Labute approximate surface area is 125 Å². The second-order valence-corrected chi connectivity index (χ2v) is 6.18. The Balaban J connectivity index is 2.49. The van der Waals surface area contributed by atoms with E-state index in [1.165, 1.54) is 36.5 Å². The number of hydrogen-bond donors (Lipinski definition) is 1. The molecule has 0 fully saturated rings. The smallest absolute Gasteiger partial charge is 0.273 e. The first-order valence-electron chi connectivity index (χ1n) is 5.69. The van der Waals surface area contributed by atoms with Gasteiger partial charge in [0.25, 0.3) is 15.7 Å². The topological polar surface area (TPSA) is 102 Å². The molecule has 0 saturated carbocycles. The number of nitrogens with one attached hydrogen (secondary N) is 1. The van der Waals surface area contributed by atoms with Crippen molar-refractivity contribution in [3.05, 3.63) is 57.4 Å². The minimum atomic E-state index is -4.07. The molecule has 1 N–H and O–H groups in total. The summed E-state index contributed by atoms with van der Waals surface area (Å²) in [6.07, 6.45) is 1.34. The van der Waals surface area contributed by atoms with Gasteiger partial charge in [0.1, 0.15) is 15.7 Å². The third-order valence-electron chi connectivity index (χ3n) is 2.61. The van der Waals surface area contributed by atoms with Crippen LogP contribution in [0.1, 0.15) is 5.56 Å². The summed E-state index contributed by atoms with van der Waals surface area (Å²) in [6.45, 7) is 1.69. The number of aryl methyl sites for hydroxylation is 1. The zero-order valence-electron chi connectivity index (χ0n) is 10.8. The fourth-order valence-electron chi connectivity index (χ4n) is 1.66. The summed E-state index contributed by atoms with van der Waals surface area (Å²) >= 11 is 5.74. The van der Waals surface area contributed by atoms with Crippen LogP contribution in [0.4, 0.5) is 11.4 Å². The van der Waals surface area contributed by atoms with Crippen LogP contribution < -0.4 is 4.72 Å². The van der Waals surface area contributed by atoms with Crippen LogP contribution in [-0.4, -0.2) is 18.3 Å². The quantitative estimate of drug-likeness (QED) is 0.528. The van der Waals surface area contributed by atoms with Gasteiger partial charge in [0.15, 0.2) is 0 Å². The van der Waals surface area contributed by atoms with Crippen LogP contribution in [0.25, 0.3) is 0 Å². The molecule has 7 nitrogen and oxygen atoms in total. The highest BCUT2D eigenvalue weighted by molar-refractivity contribution is 7.92. The van der Waals surface area contributed by atoms with Crippen molar-refractivity contribution < 1.29 is 13.3 Å². The summed E-state index contributed by atoms with van der Waals surface area (Å²) in [5, 5.41) is 10.7. The minimum absolute atomic E-state index is 0.125. The van der Waals surface area contributed by atoms with Gasteiger partial charge in [-0.1, -0.05) is 17.7 Å². The Hall–Kier alpha value is -2.19. The van der Waals surface area contributed by atoms with Crippen LogP contribution in [-0.2, 0) is 10.0 Å². The molecule has 0 aliphatic carbocycles. The molecule has 0 spiro atoms. The Morgan fingerprint density at radius 1 is 1.33 bits per heavy atom. The maximum absolute atomic E-state index is 12.3. The molecule has 0 aliphatic rings. The molecule has 21 heavy (non-hydrogen) atoms. The highest BCUT2D eigenvalue weighted by Gasteiger charge is 2.23. The second-order valence-electron chi connectivity index (χ2n) is 4.18. The van der Waals surface area contributed by atoms with Crippen molar-refractivity contribution in [3.8, 4) is 0 Å². The van der Waals surface area contributed by atoms with Gasteiger partial charge in [0, 0.05) is 12.3 Å². The molecule has 9 heteroatoms. The van der Waals surface area contributed by atoms with Crippen molar-refractivity contribution in [2.75, 3.05) is 4.72 Å². The number of halogens is 1. The van der Waals surface area contributed by atoms with E-state index in [0.29, 0.717) is 5.56 Å². The molecule has 2 rings (SSSR count). The molecule has 1 aromatic carbocycles. The third kappa shape index (κ3) is 3.29. The maximum Gasteiger partial charge on any atom is 0.293 e. The van der Waals surface area contributed by atoms with Crippen LogP contribution in [0.3, 0.4) is 0 Å². The van der Waals surface area contributed by atoms with E-state index in [1.807, 2.05) is 0 Å². The molecule has 0 aliphatic heterocycles. The standard InChI is InChI=1S/C12H10ClN3O4S/c1-8-4-5-10(16(17)18)9(7-8)15-21(19,20)11-3-2-6-14-12(11)13/h2-7,15H,1H3. The normalized spacial score (nSPS) is 11.1.